The Labute approximate surface area is 196 Å². The van der Waals surface area contributed by atoms with Crippen LogP contribution in [0.1, 0.15) is 42.7 Å². The number of carbonyl (C=O) groups is 2. The van der Waals surface area contributed by atoms with E-state index in [2.05, 4.69) is 21.3 Å². The number of hydrogen-bond acceptors (Lipinski definition) is 7. The number of para-hydroxylation sites is 1. The summed E-state index contributed by atoms with van der Waals surface area (Å²) in [5.41, 5.74) is -0.650. The number of hydrogen-bond donors (Lipinski definition) is 5. The van der Waals surface area contributed by atoms with E-state index in [1.54, 1.807) is 0 Å². The van der Waals surface area contributed by atoms with Crippen molar-refractivity contribution in [3.63, 3.8) is 0 Å². The lowest BCUT2D eigenvalue weighted by molar-refractivity contribution is -0.123. The summed E-state index contributed by atoms with van der Waals surface area (Å²) in [7, 11) is 1.43. The lowest BCUT2D eigenvalue weighted by Gasteiger charge is -2.26. The van der Waals surface area contributed by atoms with Crippen LogP contribution in [0.3, 0.4) is 0 Å². The van der Waals surface area contributed by atoms with E-state index in [9.17, 15) is 24.3 Å². The summed E-state index contributed by atoms with van der Waals surface area (Å²) in [5.74, 6) is -1.40. The first-order valence-corrected chi connectivity index (χ1v) is 10.9. The SMILES string of the molecule is CNC(=O)c1cccc(Nc2c(N[C@@H](C(=O)N[C@H](C)c3ccccc3)C(C)C)c(=O)c2=O)c1O. The van der Waals surface area contributed by atoms with Crippen molar-refractivity contribution in [3.05, 3.63) is 80.1 Å². The van der Waals surface area contributed by atoms with Gasteiger partial charge >= 0.3 is 0 Å². The minimum absolute atomic E-state index is 0.00930. The molecule has 0 unspecified atom stereocenters. The van der Waals surface area contributed by atoms with Gasteiger partial charge in [0.25, 0.3) is 16.8 Å². The first-order valence-electron chi connectivity index (χ1n) is 10.9. The molecule has 3 aromatic carbocycles. The van der Waals surface area contributed by atoms with Gasteiger partial charge in [0.1, 0.15) is 17.4 Å². The number of carbonyl (C=O) groups excluding carboxylic acids is 2. The molecule has 0 fully saturated rings. The first kappa shape index (κ1) is 24.5. The highest BCUT2D eigenvalue weighted by Gasteiger charge is 2.30. The highest BCUT2D eigenvalue weighted by molar-refractivity contribution is 5.99. The molecule has 34 heavy (non-hydrogen) atoms. The average molecular weight is 465 g/mol. The van der Waals surface area contributed by atoms with E-state index in [-0.39, 0.29) is 46.2 Å². The van der Waals surface area contributed by atoms with Gasteiger partial charge in [0.2, 0.25) is 5.91 Å². The van der Waals surface area contributed by atoms with Crippen molar-refractivity contribution in [2.75, 3.05) is 17.7 Å². The van der Waals surface area contributed by atoms with Crippen molar-refractivity contribution in [1.82, 2.24) is 10.6 Å². The lowest BCUT2D eigenvalue weighted by Crippen LogP contribution is -2.47. The molecule has 178 valence electrons. The third kappa shape index (κ3) is 4.93. The molecule has 0 aliphatic rings. The van der Waals surface area contributed by atoms with Crippen LogP contribution in [0.5, 0.6) is 5.75 Å². The highest BCUT2D eigenvalue weighted by Crippen LogP contribution is 2.31. The molecule has 0 bridgehead atoms. The van der Waals surface area contributed by atoms with Crippen molar-refractivity contribution < 1.29 is 14.7 Å². The van der Waals surface area contributed by atoms with Crippen LogP contribution in [-0.2, 0) is 4.79 Å². The fourth-order valence-corrected chi connectivity index (χ4v) is 3.56. The second kappa shape index (κ2) is 10.2. The second-order valence-electron chi connectivity index (χ2n) is 8.32. The third-order valence-corrected chi connectivity index (χ3v) is 5.59. The Morgan fingerprint density at radius 3 is 2.15 bits per heavy atom. The van der Waals surface area contributed by atoms with E-state index in [1.165, 1.54) is 25.2 Å². The van der Waals surface area contributed by atoms with Crippen LogP contribution in [0, 0.1) is 5.92 Å². The number of phenols is 1. The molecule has 9 nitrogen and oxygen atoms in total. The summed E-state index contributed by atoms with van der Waals surface area (Å²) >= 11 is 0. The van der Waals surface area contributed by atoms with Crippen molar-refractivity contribution in [2.45, 2.75) is 32.9 Å². The zero-order valence-electron chi connectivity index (χ0n) is 19.4. The normalized spacial score (nSPS) is 12.7. The molecule has 0 spiro atoms. The van der Waals surface area contributed by atoms with E-state index in [0.717, 1.165) is 5.56 Å². The number of benzene rings is 2. The Morgan fingerprint density at radius 1 is 0.882 bits per heavy atom. The van der Waals surface area contributed by atoms with Crippen LogP contribution in [0.15, 0.2) is 58.1 Å². The Balaban J connectivity index is 1.82. The van der Waals surface area contributed by atoms with Crippen LogP contribution in [0.2, 0.25) is 0 Å². The summed E-state index contributed by atoms with van der Waals surface area (Å²) in [5, 5.41) is 21.4. The van der Waals surface area contributed by atoms with Crippen LogP contribution in [-0.4, -0.2) is 30.0 Å². The van der Waals surface area contributed by atoms with Crippen molar-refractivity contribution >= 4 is 28.9 Å². The first-order chi connectivity index (χ1) is 16.1. The van der Waals surface area contributed by atoms with Gasteiger partial charge in [-0.05, 0) is 30.5 Å². The largest absolute Gasteiger partial charge is 0.505 e. The molecule has 0 aromatic heterocycles. The zero-order chi connectivity index (χ0) is 25.0. The molecule has 0 aliphatic heterocycles. The Morgan fingerprint density at radius 2 is 1.53 bits per heavy atom. The summed E-state index contributed by atoms with van der Waals surface area (Å²) in [6.45, 7) is 5.50. The highest BCUT2D eigenvalue weighted by atomic mass is 16.3. The van der Waals surface area contributed by atoms with Crippen molar-refractivity contribution in [2.24, 2.45) is 5.92 Å². The summed E-state index contributed by atoms with van der Waals surface area (Å²) in [6, 6.07) is 12.8. The summed E-state index contributed by atoms with van der Waals surface area (Å²) < 4.78 is 0. The number of amides is 2. The number of anilines is 3. The predicted octanol–water partition coefficient (Wildman–Crippen LogP) is 2.41. The quantitative estimate of drug-likeness (QED) is 0.242. The average Bonchev–Trinajstić information content (AvgIpc) is 2.83. The van der Waals surface area contributed by atoms with Gasteiger partial charge in [-0.1, -0.05) is 50.2 Å². The van der Waals surface area contributed by atoms with E-state index < -0.39 is 22.8 Å². The molecule has 9 heteroatoms. The van der Waals surface area contributed by atoms with Gasteiger partial charge in [0.05, 0.1) is 17.3 Å². The number of nitrogens with one attached hydrogen (secondary N) is 4. The monoisotopic (exact) mass is 464 g/mol. The van der Waals surface area contributed by atoms with Gasteiger partial charge in [-0.25, -0.2) is 0 Å². The predicted molar refractivity (Wildman–Crippen MR) is 131 cm³/mol. The van der Waals surface area contributed by atoms with E-state index in [4.69, 9.17) is 0 Å². The Bertz CT molecular complexity index is 1260. The molecule has 0 radical (unpaired) electrons. The fraction of sp³-hybridized carbons (Fsp3) is 0.280. The number of phenolic OH excluding ortho intramolecular Hbond substituents is 1. The fourth-order valence-electron chi connectivity index (χ4n) is 3.56. The van der Waals surface area contributed by atoms with Crippen molar-refractivity contribution in [3.8, 4) is 5.75 Å². The number of rotatable bonds is 9. The maximum atomic E-state index is 13.0. The second-order valence-corrected chi connectivity index (χ2v) is 8.32. The molecular weight excluding hydrogens is 436 g/mol. The lowest BCUT2D eigenvalue weighted by atomic mass is 10.0. The van der Waals surface area contributed by atoms with Gasteiger partial charge in [-0.3, -0.25) is 19.2 Å². The number of aromatic hydroxyl groups is 1. The third-order valence-electron chi connectivity index (χ3n) is 5.59. The molecule has 0 saturated heterocycles. The van der Waals surface area contributed by atoms with E-state index in [0.29, 0.717) is 0 Å². The molecule has 3 rings (SSSR count). The molecule has 0 aliphatic carbocycles. The van der Waals surface area contributed by atoms with Crippen LogP contribution in [0.4, 0.5) is 17.1 Å². The van der Waals surface area contributed by atoms with E-state index in [1.807, 2.05) is 51.1 Å². The molecule has 2 amide bonds. The minimum atomic E-state index is -0.791. The molecule has 2 atom stereocenters. The maximum absolute atomic E-state index is 13.0. The molecule has 0 heterocycles. The molecular formula is C25H28N4O5. The van der Waals surface area contributed by atoms with Gasteiger partial charge < -0.3 is 26.4 Å². The van der Waals surface area contributed by atoms with Gasteiger partial charge in [0, 0.05) is 7.05 Å². The Hall–Kier alpha value is -4.14. The Kier molecular flexibility index (Phi) is 7.35. The minimum Gasteiger partial charge on any atom is -0.505 e. The van der Waals surface area contributed by atoms with Crippen LogP contribution in [0.25, 0.3) is 0 Å². The summed E-state index contributed by atoms with van der Waals surface area (Å²) in [6.07, 6.45) is 0. The van der Waals surface area contributed by atoms with Gasteiger partial charge in [0.15, 0.2) is 5.75 Å². The van der Waals surface area contributed by atoms with Gasteiger partial charge in [-0.2, -0.15) is 0 Å². The summed E-state index contributed by atoms with van der Waals surface area (Å²) in [4.78, 5) is 49.5. The van der Waals surface area contributed by atoms with Gasteiger partial charge in [-0.15, -0.1) is 0 Å². The van der Waals surface area contributed by atoms with E-state index >= 15 is 0 Å². The standard InChI is InChI=1S/C25H28N4O5/c1-13(2)18(25(34)27-14(3)15-9-6-5-7-10-15)29-20-19(22(31)23(20)32)28-17-12-8-11-16(21(17)30)24(33)26-4/h5-14,18,28-30H,1-4H3,(H,26,33)(H,27,34)/t14-,18-/m1/s1. The topological polar surface area (TPSA) is 137 Å². The molecule has 5 N–H and O–H groups in total. The zero-order valence-corrected chi connectivity index (χ0v) is 19.4. The smallest absolute Gasteiger partial charge is 0.254 e. The maximum Gasteiger partial charge on any atom is 0.254 e. The molecule has 0 saturated carbocycles. The van der Waals surface area contributed by atoms with Crippen LogP contribution >= 0.6 is 0 Å². The van der Waals surface area contributed by atoms with Crippen LogP contribution < -0.4 is 32.1 Å². The van der Waals surface area contributed by atoms with Crippen molar-refractivity contribution in [1.29, 1.82) is 0 Å². The molecule has 3 aromatic rings.